The van der Waals surface area contributed by atoms with Crippen molar-refractivity contribution in [3.05, 3.63) is 48.8 Å². The Hall–Kier alpha value is -3.57. The van der Waals surface area contributed by atoms with Gasteiger partial charge in [0.25, 0.3) is 0 Å². The van der Waals surface area contributed by atoms with Gasteiger partial charge >= 0.3 is 0 Å². The first-order valence-electron chi connectivity index (χ1n) is 8.78. The quantitative estimate of drug-likeness (QED) is 0.514. The highest BCUT2D eigenvalue weighted by Crippen LogP contribution is 2.32. The monoisotopic (exact) mass is 378 g/mol. The van der Waals surface area contributed by atoms with Crippen molar-refractivity contribution >= 4 is 17.3 Å². The Morgan fingerprint density at radius 1 is 1.18 bits per heavy atom. The molecule has 0 aliphatic carbocycles. The lowest BCUT2D eigenvalue weighted by molar-refractivity contribution is 0.269. The van der Waals surface area contributed by atoms with Crippen LogP contribution in [0.3, 0.4) is 0 Å². The van der Waals surface area contributed by atoms with Crippen molar-refractivity contribution in [1.82, 2.24) is 39.5 Å². The first-order chi connectivity index (χ1) is 13.7. The Morgan fingerprint density at radius 3 is 3.00 bits per heavy atom. The first kappa shape index (κ1) is 16.6. The molecule has 0 amide bonds. The maximum Gasteiger partial charge on any atom is 0.190 e. The van der Waals surface area contributed by atoms with Crippen molar-refractivity contribution in [2.24, 2.45) is 0 Å². The second kappa shape index (κ2) is 6.55. The van der Waals surface area contributed by atoms with Crippen molar-refractivity contribution in [2.45, 2.75) is 13.1 Å². The Labute approximate surface area is 159 Å². The molecule has 11 heteroatoms. The van der Waals surface area contributed by atoms with Crippen LogP contribution in [0.2, 0.25) is 0 Å². The zero-order valence-corrected chi connectivity index (χ0v) is 15.1. The Morgan fingerprint density at radius 2 is 2.11 bits per heavy atom. The highest BCUT2D eigenvalue weighted by Gasteiger charge is 2.27. The Bertz CT molecular complexity index is 1140. The summed E-state index contributed by atoms with van der Waals surface area (Å²) >= 11 is 0. The zero-order valence-electron chi connectivity index (χ0n) is 15.1. The van der Waals surface area contributed by atoms with E-state index in [4.69, 9.17) is 10.1 Å². The number of pyridine rings is 1. The van der Waals surface area contributed by atoms with Gasteiger partial charge in [-0.25, -0.2) is 19.5 Å². The third kappa shape index (κ3) is 2.82. The summed E-state index contributed by atoms with van der Waals surface area (Å²) < 4.78 is 3.41. The lowest BCUT2D eigenvalue weighted by atomic mass is 10.2. The molecule has 5 rings (SSSR count). The van der Waals surface area contributed by atoms with Crippen LogP contribution in [0.25, 0.3) is 16.9 Å². The van der Waals surface area contributed by atoms with Crippen LogP contribution in [-0.4, -0.2) is 58.2 Å². The van der Waals surface area contributed by atoms with Gasteiger partial charge in [0, 0.05) is 25.0 Å². The number of nitrogens with zero attached hydrogens (tertiary/aromatic N) is 9. The number of anilines is 2. The van der Waals surface area contributed by atoms with Crippen LogP contribution in [0.4, 0.5) is 11.6 Å². The molecule has 142 valence electrons. The molecule has 0 bridgehead atoms. The van der Waals surface area contributed by atoms with E-state index in [1.807, 2.05) is 41.7 Å². The molecule has 28 heavy (non-hydrogen) atoms. The molecule has 11 nitrogen and oxygen atoms in total. The molecule has 0 spiro atoms. The number of hydrazine groups is 2. The fourth-order valence-electron chi connectivity index (χ4n) is 3.16. The maximum atomic E-state index is 9.06. The summed E-state index contributed by atoms with van der Waals surface area (Å²) in [7, 11) is 1.91. The number of aliphatic hydroxyl groups is 1. The first-order valence-corrected chi connectivity index (χ1v) is 8.78. The van der Waals surface area contributed by atoms with E-state index in [9.17, 15) is 0 Å². The van der Waals surface area contributed by atoms with Gasteiger partial charge in [-0.1, -0.05) is 0 Å². The largest absolute Gasteiger partial charge is 0.394 e. The molecule has 4 aromatic heterocycles. The molecule has 1 aliphatic heterocycles. The molecule has 5 heterocycles. The van der Waals surface area contributed by atoms with E-state index in [1.165, 1.54) is 6.33 Å². The van der Waals surface area contributed by atoms with E-state index in [0.29, 0.717) is 18.9 Å². The fraction of sp³-hybridized carbons (Fsp3) is 0.235. The van der Waals surface area contributed by atoms with Crippen LogP contribution in [0.15, 0.2) is 43.2 Å². The van der Waals surface area contributed by atoms with E-state index in [1.54, 1.807) is 21.6 Å². The van der Waals surface area contributed by atoms with Crippen LogP contribution < -0.4 is 10.4 Å². The van der Waals surface area contributed by atoms with Gasteiger partial charge in [0.2, 0.25) is 0 Å². The summed E-state index contributed by atoms with van der Waals surface area (Å²) in [6.45, 7) is 1.08. The predicted molar refractivity (Wildman–Crippen MR) is 101 cm³/mol. The van der Waals surface area contributed by atoms with Gasteiger partial charge in [0.05, 0.1) is 37.8 Å². The van der Waals surface area contributed by atoms with Crippen molar-refractivity contribution in [2.75, 3.05) is 24.1 Å². The van der Waals surface area contributed by atoms with E-state index in [2.05, 4.69) is 25.6 Å². The second-order valence-electron chi connectivity index (χ2n) is 6.43. The summed E-state index contributed by atoms with van der Waals surface area (Å²) in [6.07, 6.45) is 8.71. The average Bonchev–Trinajstić information content (AvgIpc) is 3.41. The molecule has 0 saturated heterocycles. The molecule has 1 aliphatic rings. The third-order valence-electron chi connectivity index (χ3n) is 4.56. The van der Waals surface area contributed by atoms with Gasteiger partial charge in [-0.05, 0) is 17.7 Å². The lowest BCUT2D eigenvalue weighted by Gasteiger charge is -2.24. The van der Waals surface area contributed by atoms with Crippen LogP contribution in [-0.2, 0) is 13.1 Å². The zero-order chi connectivity index (χ0) is 19.1. The Kier molecular flexibility index (Phi) is 3.88. The number of aliphatic hydroxyl groups excluding tert-OH is 1. The van der Waals surface area contributed by atoms with Crippen LogP contribution >= 0.6 is 0 Å². The van der Waals surface area contributed by atoms with Gasteiger partial charge in [0.1, 0.15) is 6.33 Å². The topological polar surface area (TPSA) is 113 Å². The lowest BCUT2D eigenvalue weighted by Crippen LogP contribution is -2.38. The number of hydrogen-bond donors (Lipinski definition) is 2. The number of aromatic nitrogens is 7. The van der Waals surface area contributed by atoms with E-state index in [0.717, 1.165) is 28.3 Å². The highest BCUT2D eigenvalue weighted by molar-refractivity contribution is 5.69. The molecule has 2 N–H and O–H groups in total. The van der Waals surface area contributed by atoms with Crippen molar-refractivity contribution in [3.8, 4) is 11.3 Å². The van der Waals surface area contributed by atoms with Crippen molar-refractivity contribution in [1.29, 1.82) is 0 Å². The molecule has 0 fully saturated rings. The second-order valence-corrected chi connectivity index (χ2v) is 6.43. The Balaban J connectivity index is 1.46. The number of rotatable bonds is 5. The summed E-state index contributed by atoms with van der Waals surface area (Å²) in [6, 6.07) is 4.00. The van der Waals surface area contributed by atoms with Crippen LogP contribution in [0.1, 0.15) is 5.56 Å². The fourth-order valence-corrected chi connectivity index (χ4v) is 3.16. The van der Waals surface area contributed by atoms with Crippen LogP contribution in [0.5, 0.6) is 0 Å². The van der Waals surface area contributed by atoms with E-state index < -0.39 is 0 Å². The molecule has 0 atom stereocenters. The molecule has 4 aromatic rings. The number of nitrogens with one attached hydrogen (secondary N) is 1. The highest BCUT2D eigenvalue weighted by atomic mass is 16.3. The molecule has 0 radical (unpaired) electrons. The minimum absolute atomic E-state index is 0.0376. The summed E-state index contributed by atoms with van der Waals surface area (Å²) in [4.78, 5) is 13.5. The van der Waals surface area contributed by atoms with Gasteiger partial charge in [0.15, 0.2) is 17.3 Å². The minimum Gasteiger partial charge on any atom is -0.394 e. The van der Waals surface area contributed by atoms with E-state index >= 15 is 0 Å². The average molecular weight is 378 g/mol. The molecular formula is C17H18N10O. The third-order valence-corrected chi connectivity index (χ3v) is 4.56. The van der Waals surface area contributed by atoms with Crippen LogP contribution in [0, 0.1) is 0 Å². The summed E-state index contributed by atoms with van der Waals surface area (Å²) in [5, 5.41) is 21.3. The molecule has 0 saturated carbocycles. The van der Waals surface area contributed by atoms with Gasteiger partial charge in [-0.2, -0.15) is 10.2 Å². The van der Waals surface area contributed by atoms with Gasteiger partial charge in [-0.15, -0.1) is 5.12 Å². The normalized spacial score (nSPS) is 13.9. The van der Waals surface area contributed by atoms with E-state index in [-0.39, 0.29) is 6.61 Å². The van der Waals surface area contributed by atoms with Crippen molar-refractivity contribution in [3.63, 3.8) is 0 Å². The smallest absolute Gasteiger partial charge is 0.190 e. The predicted octanol–water partition coefficient (Wildman–Crippen LogP) is 0.569. The summed E-state index contributed by atoms with van der Waals surface area (Å²) in [5.41, 5.74) is 6.64. The van der Waals surface area contributed by atoms with Crippen molar-refractivity contribution < 1.29 is 5.11 Å². The molecule has 0 aromatic carbocycles. The SMILES string of the molecule is CN1Nc2ncc(-c3cnn(CCO)c3)nc2N1Cc1ccn2ncnc2c1. The molecular weight excluding hydrogens is 360 g/mol. The maximum absolute atomic E-state index is 9.06. The van der Waals surface area contributed by atoms with Gasteiger partial charge < -0.3 is 5.11 Å². The standard InChI is InChI=1S/C17H18N10O/c1-24-23-16-17(22-14(8-18-16)13-7-20-25(10-13)4-5-28)27(24)9-12-2-3-26-15(6-12)19-11-21-26/h2-3,6-8,10-11,28H,4-5,9H2,1H3,(H,18,23). The number of hydrogen-bond acceptors (Lipinski definition) is 9. The van der Waals surface area contributed by atoms with Gasteiger partial charge in [-0.3, -0.25) is 15.1 Å². The number of fused-ring (bicyclic) bond motifs is 2. The molecule has 0 unspecified atom stereocenters. The summed E-state index contributed by atoms with van der Waals surface area (Å²) in [5.74, 6) is 1.42. The minimum atomic E-state index is 0.0376.